The van der Waals surface area contributed by atoms with Gasteiger partial charge in [0.25, 0.3) is 0 Å². The molecule has 10 heteroatoms. The molecule has 176 valence electrons. The van der Waals surface area contributed by atoms with E-state index < -0.39 is 17.2 Å². The molecule has 1 aliphatic rings. The molecule has 1 fully saturated rings. The maximum absolute atomic E-state index is 14.2. The van der Waals surface area contributed by atoms with Crippen LogP contribution in [0.15, 0.2) is 30.3 Å². The molecule has 2 aromatic rings. The molecule has 1 atom stereocenters. The zero-order valence-corrected chi connectivity index (χ0v) is 19.2. The summed E-state index contributed by atoms with van der Waals surface area (Å²) in [5.41, 5.74) is 4.82. The Morgan fingerprint density at radius 1 is 1.30 bits per heavy atom. The van der Waals surface area contributed by atoms with Gasteiger partial charge in [-0.1, -0.05) is 13.8 Å². The Labute approximate surface area is 194 Å². The molecular weight excluding hydrogens is 449 g/mol. The van der Waals surface area contributed by atoms with E-state index in [0.717, 1.165) is 10.9 Å². The third-order valence-corrected chi connectivity index (χ3v) is 6.92. The van der Waals surface area contributed by atoms with Crippen molar-refractivity contribution in [1.82, 2.24) is 5.32 Å². The van der Waals surface area contributed by atoms with Crippen LogP contribution in [-0.4, -0.2) is 36.3 Å². The molecule has 0 aliphatic carbocycles. The lowest BCUT2D eigenvalue weighted by atomic mass is 9.77. The molecule has 0 radical (unpaired) electrons. The smallest absolute Gasteiger partial charge is 0.353 e. The van der Waals surface area contributed by atoms with Gasteiger partial charge >= 0.3 is 11.9 Å². The van der Waals surface area contributed by atoms with Gasteiger partial charge in [0.15, 0.2) is 11.6 Å². The number of carbonyl (C=O) groups is 3. The van der Waals surface area contributed by atoms with Crippen LogP contribution in [0.2, 0.25) is 0 Å². The van der Waals surface area contributed by atoms with Crippen LogP contribution < -0.4 is 15.8 Å². The highest BCUT2D eigenvalue weighted by atomic mass is 32.1. The van der Waals surface area contributed by atoms with Gasteiger partial charge in [0.05, 0.1) is 17.9 Å². The van der Waals surface area contributed by atoms with Crippen LogP contribution in [0.25, 0.3) is 0 Å². The van der Waals surface area contributed by atoms with E-state index in [2.05, 4.69) is 5.32 Å². The number of esters is 2. The van der Waals surface area contributed by atoms with Gasteiger partial charge < -0.3 is 20.5 Å². The van der Waals surface area contributed by atoms with E-state index in [9.17, 15) is 18.8 Å². The summed E-state index contributed by atoms with van der Waals surface area (Å²) in [6, 6.07) is 6.68. The summed E-state index contributed by atoms with van der Waals surface area (Å²) in [4.78, 5) is 38.0. The number of amidine groups is 1. The summed E-state index contributed by atoms with van der Waals surface area (Å²) >= 11 is 1.18. The third kappa shape index (κ3) is 5.57. The molecule has 33 heavy (non-hydrogen) atoms. The number of nitrogens with two attached hydrogens (primary N) is 1. The van der Waals surface area contributed by atoms with Crippen molar-refractivity contribution >= 4 is 35.0 Å². The van der Waals surface area contributed by atoms with Gasteiger partial charge in [0, 0.05) is 10.4 Å². The zero-order valence-electron chi connectivity index (χ0n) is 18.4. The molecule has 2 heterocycles. The second-order valence-electron chi connectivity index (χ2n) is 7.94. The first-order chi connectivity index (χ1) is 15.7. The van der Waals surface area contributed by atoms with Gasteiger partial charge in [0.1, 0.15) is 17.3 Å². The topological polar surface area (TPSA) is 132 Å². The molecule has 0 bridgehead atoms. The quantitative estimate of drug-likeness (QED) is 0.221. The van der Waals surface area contributed by atoms with Crippen molar-refractivity contribution in [3.8, 4) is 5.75 Å². The number of rotatable bonds is 9. The fourth-order valence-corrected chi connectivity index (χ4v) is 4.69. The Morgan fingerprint density at radius 2 is 2.03 bits per heavy atom. The number of cyclic esters (lactones) is 1. The van der Waals surface area contributed by atoms with E-state index in [-0.39, 0.29) is 53.0 Å². The van der Waals surface area contributed by atoms with E-state index in [1.165, 1.54) is 23.5 Å². The minimum absolute atomic E-state index is 0.152. The highest BCUT2D eigenvalue weighted by Crippen LogP contribution is 2.34. The number of halogens is 1. The van der Waals surface area contributed by atoms with Gasteiger partial charge in [-0.2, -0.15) is 0 Å². The Hall–Kier alpha value is -3.27. The number of ether oxygens (including phenoxy) is 2. The molecule has 1 amide bonds. The molecule has 1 aromatic heterocycles. The minimum Gasteiger partial charge on any atom is -0.463 e. The lowest BCUT2D eigenvalue weighted by Gasteiger charge is -2.31. The molecule has 3 rings (SSSR count). The van der Waals surface area contributed by atoms with E-state index in [0.29, 0.717) is 19.3 Å². The zero-order chi connectivity index (χ0) is 24.2. The Balaban J connectivity index is 1.70. The monoisotopic (exact) mass is 475 g/mol. The lowest BCUT2D eigenvalue weighted by molar-refractivity contribution is -0.138. The molecule has 0 spiro atoms. The first-order valence-electron chi connectivity index (χ1n) is 10.6. The van der Waals surface area contributed by atoms with E-state index in [1.807, 2.05) is 13.8 Å². The average molecular weight is 476 g/mol. The largest absolute Gasteiger partial charge is 0.463 e. The van der Waals surface area contributed by atoms with Crippen molar-refractivity contribution in [1.29, 1.82) is 5.41 Å². The van der Waals surface area contributed by atoms with Crippen molar-refractivity contribution in [2.24, 2.45) is 11.1 Å². The summed E-state index contributed by atoms with van der Waals surface area (Å²) in [5, 5.41) is 10.3. The molecule has 1 aliphatic heterocycles. The van der Waals surface area contributed by atoms with Crippen LogP contribution in [0.5, 0.6) is 5.75 Å². The number of nitrogen functional groups attached to an aromatic ring is 1. The summed E-state index contributed by atoms with van der Waals surface area (Å²) in [7, 11) is 0. The summed E-state index contributed by atoms with van der Waals surface area (Å²) in [6.07, 6.45) is 1.71. The van der Waals surface area contributed by atoms with E-state index >= 15 is 0 Å². The summed E-state index contributed by atoms with van der Waals surface area (Å²) in [5.74, 6) is -2.54. The van der Waals surface area contributed by atoms with Gasteiger partial charge in [-0.05, 0) is 49.6 Å². The number of thiophene rings is 1. The van der Waals surface area contributed by atoms with Gasteiger partial charge in [-0.3, -0.25) is 15.0 Å². The highest BCUT2D eigenvalue weighted by molar-refractivity contribution is 7.14. The SMILES string of the molecule is CCC(CC)(Cc1ccc(C(=O)Oc2ccc(C(=N)N)cc2F)s1)C(=O)N[C@@H]1COC(=O)C1. The predicted octanol–water partition coefficient (Wildman–Crippen LogP) is 3.17. The predicted molar refractivity (Wildman–Crippen MR) is 121 cm³/mol. The fraction of sp³-hybridized carbons (Fsp3) is 0.391. The maximum atomic E-state index is 14.2. The number of carbonyl (C=O) groups excluding carboxylic acids is 3. The molecule has 1 saturated heterocycles. The first-order valence-corrected chi connectivity index (χ1v) is 11.4. The van der Waals surface area contributed by atoms with Gasteiger partial charge in [0.2, 0.25) is 5.91 Å². The first kappa shape index (κ1) is 24.4. The normalized spacial score (nSPS) is 15.7. The number of hydrogen-bond donors (Lipinski definition) is 3. The van der Waals surface area contributed by atoms with E-state index in [4.69, 9.17) is 20.6 Å². The Morgan fingerprint density at radius 3 is 2.61 bits per heavy atom. The number of amides is 1. The summed E-state index contributed by atoms with van der Waals surface area (Å²) in [6.45, 7) is 4.03. The minimum atomic E-state index is -0.796. The highest BCUT2D eigenvalue weighted by Gasteiger charge is 2.38. The molecule has 4 N–H and O–H groups in total. The molecule has 0 saturated carbocycles. The van der Waals surface area contributed by atoms with Crippen molar-refractivity contribution in [2.45, 2.75) is 45.6 Å². The molecular formula is C23H26FN3O5S. The Bertz CT molecular complexity index is 1080. The average Bonchev–Trinajstić information content (AvgIpc) is 3.42. The summed E-state index contributed by atoms with van der Waals surface area (Å²) < 4.78 is 24.3. The van der Waals surface area contributed by atoms with Crippen LogP contribution >= 0.6 is 11.3 Å². The molecule has 1 aromatic carbocycles. The number of benzene rings is 1. The van der Waals surface area contributed by atoms with Crippen LogP contribution in [0.4, 0.5) is 4.39 Å². The second-order valence-corrected chi connectivity index (χ2v) is 9.10. The standard InChI is InChI=1S/C23H26FN3O5S/c1-3-23(4-2,22(30)27-14-10-19(28)31-12-14)11-15-6-8-18(33-15)21(29)32-17-7-5-13(20(25)26)9-16(17)24/h5-9,14H,3-4,10-12H2,1-2H3,(H3,25,26)(H,27,30)/t14-/m0/s1. The van der Waals surface area contributed by atoms with Crippen molar-refractivity contribution in [2.75, 3.05) is 6.61 Å². The van der Waals surface area contributed by atoms with Gasteiger partial charge in [-0.15, -0.1) is 11.3 Å². The number of nitrogens with one attached hydrogen (secondary N) is 2. The van der Waals surface area contributed by atoms with Crippen LogP contribution in [0, 0.1) is 16.6 Å². The van der Waals surface area contributed by atoms with Crippen molar-refractivity contribution < 1.29 is 28.2 Å². The fourth-order valence-electron chi connectivity index (χ4n) is 3.66. The Kier molecular flexibility index (Phi) is 7.47. The second kappa shape index (κ2) is 10.1. The number of hydrogen-bond acceptors (Lipinski definition) is 7. The van der Waals surface area contributed by atoms with Crippen LogP contribution in [-0.2, 0) is 20.7 Å². The van der Waals surface area contributed by atoms with Crippen molar-refractivity contribution in [3.05, 3.63) is 51.5 Å². The van der Waals surface area contributed by atoms with Crippen molar-refractivity contribution in [3.63, 3.8) is 0 Å². The maximum Gasteiger partial charge on any atom is 0.353 e. The van der Waals surface area contributed by atoms with Crippen LogP contribution in [0.3, 0.4) is 0 Å². The lowest BCUT2D eigenvalue weighted by Crippen LogP contribution is -2.46. The van der Waals surface area contributed by atoms with Gasteiger partial charge in [-0.25, -0.2) is 9.18 Å². The molecule has 0 unspecified atom stereocenters. The third-order valence-electron chi connectivity index (χ3n) is 5.85. The van der Waals surface area contributed by atoms with E-state index in [1.54, 1.807) is 12.1 Å². The van der Waals surface area contributed by atoms with Crippen LogP contribution in [0.1, 0.15) is 53.2 Å². The molecule has 8 nitrogen and oxygen atoms in total.